The standard InChI is InChI=1S/C21H22N2O/c1-15-8-3-6-13-20(15)23-21(24)14-22-16(2)18-12-7-10-17-9-4-5-11-19(17)18/h3-13,16,22H,14H2,1-2H3,(H,23,24)/t16-/m0/s1. The molecule has 0 aliphatic rings. The minimum atomic E-state index is -0.0311. The van der Waals surface area contributed by atoms with Gasteiger partial charge in [0.05, 0.1) is 6.54 Å². The molecular weight excluding hydrogens is 296 g/mol. The third-order valence-corrected chi connectivity index (χ3v) is 4.28. The zero-order valence-electron chi connectivity index (χ0n) is 14.0. The molecule has 0 unspecified atom stereocenters. The third kappa shape index (κ3) is 3.63. The fourth-order valence-electron chi connectivity index (χ4n) is 2.89. The van der Waals surface area contributed by atoms with Gasteiger partial charge < -0.3 is 10.6 Å². The second-order valence-corrected chi connectivity index (χ2v) is 6.03. The lowest BCUT2D eigenvalue weighted by molar-refractivity contribution is -0.115. The average molecular weight is 318 g/mol. The Labute approximate surface area is 142 Å². The number of fused-ring (bicyclic) bond motifs is 1. The SMILES string of the molecule is Cc1ccccc1NC(=O)CN[C@@H](C)c1cccc2ccccc12. The summed E-state index contributed by atoms with van der Waals surface area (Å²) in [6, 6.07) is 22.5. The van der Waals surface area contributed by atoms with E-state index in [0.29, 0.717) is 0 Å². The number of carbonyl (C=O) groups excluding carboxylic acids is 1. The van der Waals surface area contributed by atoms with Gasteiger partial charge in [0.2, 0.25) is 5.91 Å². The normalized spacial score (nSPS) is 12.1. The van der Waals surface area contributed by atoms with E-state index in [1.54, 1.807) is 0 Å². The molecule has 0 aromatic heterocycles. The molecule has 122 valence electrons. The Bertz CT molecular complexity index is 852. The lowest BCUT2D eigenvalue weighted by Gasteiger charge is -2.17. The van der Waals surface area contributed by atoms with Crippen LogP contribution < -0.4 is 10.6 Å². The van der Waals surface area contributed by atoms with E-state index in [1.807, 2.05) is 43.3 Å². The average Bonchev–Trinajstić information content (AvgIpc) is 2.61. The quantitative estimate of drug-likeness (QED) is 0.730. The van der Waals surface area contributed by atoms with E-state index < -0.39 is 0 Å². The van der Waals surface area contributed by atoms with Gasteiger partial charge in [-0.2, -0.15) is 0 Å². The summed E-state index contributed by atoms with van der Waals surface area (Å²) in [5, 5.41) is 8.71. The number of aryl methyl sites for hydroxylation is 1. The highest BCUT2D eigenvalue weighted by molar-refractivity contribution is 5.93. The fraction of sp³-hybridized carbons (Fsp3) is 0.190. The van der Waals surface area contributed by atoms with Crippen molar-refractivity contribution in [1.82, 2.24) is 5.32 Å². The van der Waals surface area contributed by atoms with Crippen LogP contribution in [-0.4, -0.2) is 12.5 Å². The van der Waals surface area contributed by atoms with Gasteiger partial charge in [-0.05, 0) is 41.8 Å². The Hall–Kier alpha value is -2.65. The Kier molecular flexibility index (Phi) is 4.92. The van der Waals surface area contributed by atoms with Crippen LogP contribution in [0.25, 0.3) is 10.8 Å². The van der Waals surface area contributed by atoms with Crippen molar-refractivity contribution < 1.29 is 4.79 Å². The van der Waals surface area contributed by atoms with E-state index >= 15 is 0 Å². The van der Waals surface area contributed by atoms with E-state index in [4.69, 9.17) is 0 Å². The molecule has 0 bridgehead atoms. The van der Waals surface area contributed by atoms with E-state index in [2.05, 4.69) is 47.9 Å². The molecule has 0 spiro atoms. The van der Waals surface area contributed by atoms with Gasteiger partial charge in [-0.3, -0.25) is 4.79 Å². The Balaban J connectivity index is 1.65. The molecule has 2 N–H and O–H groups in total. The van der Waals surface area contributed by atoms with Gasteiger partial charge in [0.25, 0.3) is 0 Å². The number of rotatable bonds is 5. The van der Waals surface area contributed by atoms with Crippen molar-refractivity contribution in [3.8, 4) is 0 Å². The van der Waals surface area contributed by atoms with Gasteiger partial charge in [-0.1, -0.05) is 60.7 Å². The number of carbonyl (C=O) groups is 1. The summed E-state index contributed by atoms with van der Waals surface area (Å²) < 4.78 is 0. The van der Waals surface area contributed by atoms with Gasteiger partial charge in [-0.15, -0.1) is 0 Å². The summed E-state index contributed by atoms with van der Waals surface area (Å²) in [6.07, 6.45) is 0. The molecule has 0 fully saturated rings. The second kappa shape index (κ2) is 7.28. The predicted octanol–water partition coefficient (Wildman–Crippen LogP) is 4.44. The van der Waals surface area contributed by atoms with Crippen LogP contribution in [0.3, 0.4) is 0 Å². The second-order valence-electron chi connectivity index (χ2n) is 6.03. The van der Waals surface area contributed by atoms with Gasteiger partial charge in [-0.25, -0.2) is 0 Å². The van der Waals surface area contributed by atoms with Gasteiger partial charge >= 0.3 is 0 Å². The monoisotopic (exact) mass is 318 g/mol. The van der Waals surface area contributed by atoms with Gasteiger partial charge in [0.15, 0.2) is 0 Å². The highest BCUT2D eigenvalue weighted by atomic mass is 16.1. The molecule has 0 aliphatic carbocycles. The summed E-state index contributed by atoms with van der Waals surface area (Å²) in [5.74, 6) is -0.0311. The summed E-state index contributed by atoms with van der Waals surface area (Å²) in [4.78, 5) is 12.2. The number of hydrogen-bond acceptors (Lipinski definition) is 2. The van der Waals surface area contributed by atoms with Crippen molar-refractivity contribution in [2.45, 2.75) is 19.9 Å². The minimum Gasteiger partial charge on any atom is -0.325 e. The predicted molar refractivity (Wildman–Crippen MR) is 100 cm³/mol. The molecule has 0 saturated carbocycles. The molecule has 3 aromatic carbocycles. The first-order valence-electron chi connectivity index (χ1n) is 8.21. The number of nitrogens with one attached hydrogen (secondary N) is 2. The van der Waals surface area contributed by atoms with Crippen LogP contribution in [0.2, 0.25) is 0 Å². The first kappa shape index (κ1) is 16.2. The van der Waals surface area contributed by atoms with Crippen LogP contribution in [0.1, 0.15) is 24.1 Å². The lowest BCUT2D eigenvalue weighted by atomic mass is 10.00. The molecule has 1 amide bonds. The summed E-state index contributed by atoms with van der Waals surface area (Å²) in [7, 11) is 0. The van der Waals surface area contributed by atoms with Crippen molar-refractivity contribution >= 4 is 22.4 Å². The van der Waals surface area contributed by atoms with Crippen molar-refractivity contribution in [2.75, 3.05) is 11.9 Å². The van der Waals surface area contributed by atoms with Gasteiger partial charge in [0, 0.05) is 11.7 Å². The molecule has 0 radical (unpaired) electrons. The largest absolute Gasteiger partial charge is 0.325 e. The van der Waals surface area contributed by atoms with Crippen molar-refractivity contribution in [3.05, 3.63) is 77.9 Å². The van der Waals surface area contributed by atoms with E-state index in [9.17, 15) is 4.79 Å². The van der Waals surface area contributed by atoms with Crippen LogP contribution in [0.4, 0.5) is 5.69 Å². The minimum absolute atomic E-state index is 0.0311. The molecular formula is C21H22N2O. The van der Waals surface area contributed by atoms with Crippen LogP contribution in [-0.2, 0) is 4.79 Å². The number of hydrogen-bond donors (Lipinski definition) is 2. The van der Waals surface area contributed by atoms with E-state index in [1.165, 1.54) is 16.3 Å². The maximum atomic E-state index is 12.2. The van der Waals surface area contributed by atoms with E-state index in [-0.39, 0.29) is 18.5 Å². The highest BCUT2D eigenvalue weighted by Gasteiger charge is 2.11. The van der Waals surface area contributed by atoms with Crippen LogP contribution in [0.5, 0.6) is 0 Å². The maximum Gasteiger partial charge on any atom is 0.238 e. The smallest absolute Gasteiger partial charge is 0.238 e. The molecule has 24 heavy (non-hydrogen) atoms. The Morgan fingerprint density at radius 2 is 1.67 bits per heavy atom. The molecule has 1 atom stereocenters. The third-order valence-electron chi connectivity index (χ3n) is 4.28. The maximum absolute atomic E-state index is 12.2. The molecule has 0 aliphatic heterocycles. The van der Waals surface area contributed by atoms with Crippen LogP contribution in [0.15, 0.2) is 66.7 Å². The number of anilines is 1. The molecule has 3 heteroatoms. The molecule has 0 saturated heterocycles. The zero-order chi connectivity index (χ0) is 16.9. The first-order chi connectivity index (χ1) is 11.6. The fourth-order valence-corrected chi connectivity index (χ4v) is 2.89. The zero-order valence-corrected chi connectivity index (χ0v) is 14.0. The summed E-state index contributed by atoms with van der Waals surface area (Å²) >= 11 is 0. The van der Waals surface area contributed by atoms with Crippen molar-refractivity contribution in [3.63, 3.8) is 0 Å². The van der Waals surface area contributed by atoms with Gasteiger partial charge in [0.1, 0.15) is 0 Å². The van der Waals surface area contributed by atoms with Crippen LogP contribution >= 0.6 is 0 Å². The topological polar surface area (TPSA) is 41.1 Å². The lowest BCUT2D eigenvalue weighted by Crippen LogP contribution is -2.30. The molecule has 3 nitrogen and oxygen atoms in total. The number of benzene rings is 3. The Morgan fingerprint density at radius 1 is 0.958 bits per heavy atom. The summed E-state index contributed by atoms with van der Waals surface area (Å²) in [5.41, 5.74) is 3.13. The number of amides is 1. The highest BCUT2D eigenvalue weighted by Crippen LogP contribution is 2.23. The molecule has 3 aromatic rings. The Morgan fingerprint density at radius 3 is 2.50 bits per heavy atom. The summed E-state index contributed by atoms with van der Waals surface area (Å²) in [6.45, 7) is 4.35. The van der Waals surface area contributed by atoms with Crippen molar-refractivity contribution in [1.29, 1.82) is 0 Å². The number of para-hydroxylation sites is 1. The molecule has 0 heterocycles. The van der Waals surface area contributed by atoms with E-state index in [0.717, 1.165) is 11.3 Å². The van der Waals surface area contributed by atoms with Crippen LogP contribution in [0, 0.1) is 6.92 Å². The molecule has 3 rings (SSSR count). The first-order valence-corrected chi connectivity index (χ1v) is 8.21. The van der Waals surface area contributed by atoms with Crippen molar-refractivity contribution in [2.24, 2.45) is 0 Å².